The van der Waals surface area contributed by atoms with Crippen molar-refractivity contribution in [3.8, 4) is 0 Å². The third-order valence-corrected chi connectivity index (χ3v) is 7.20. The van der Waals surface area contributed by atoms with Crippen molar-refractivity contribution < 1.29 is 13.2 Å². The molecule has 9 heteroatoms. The molecule has 0 N–H and O–H groups in total. The molecule has 2 rings (SSSR count). The van der Waals surface area contributed by atoms with Crippen LogP contribution in [-0.2, 0) is 23.6 Å². The molecule has 0 radical (unpaired) electrons. The van der Waals surface area contributed by atoms with Crippen LogP contribution in [0.25, 0.3) is 0 Å². The normalized spacial score (nSPS) is 11.8. The number of hydrogen-bond donors (Lipinski definition) is 0. The first-order valence-electron chi connectivity index (χ1n) is 8.48. The van der Waals surface area contributed by atoms with Crippen LogP contribution in [0, 0.1) is 0 Å². The van der Waals surface area contributed by atoms with Crippen LogP contribution < -0.4 is 0 Å². The lowest BCUT2D eigenvalue weighted by Gasteiger charge is -2.18. The van der Waals surface area contributed by atoms with Gasteiger partial charge in [0, 0.05) is 39.9 Å². The zero-order valence-corrected chi connectivity index (χ0v) is 18.1. The fourth-order valence-corrected chi connectivity index (χ4v) is 4.70. The summed E-state index contributed by atoms with van der Waals surface area (Å²) in [6.45, 7) is 4.53. The van der Waals surface area contributed by atoms with Crippen LogP contribution in [0.1, 0.15) is 29.9 Å². The van der Waals surface area contributed by atoms with Crippen LogP contribution in [0.3, 0.4) is 0 Å². The monoisotopic (exact) mass is 431 g/mol. The first-order valence-corrected chi connectivity index (χ1v) is 10.7. The van der Waals surface area contributed by atoms with Crippen molar-refractivity contribution in [3.63, 3.8) is 0 Å². The highest BCUT2D eigenvalue weighted by Gasteiger charge is 2.26. The Hall–Kier alpha value is -1.54. The molecule has 0 aliphatic carbocycles. The molecule has 0 aliphatic rings. The summed E-state index contributed by atoms with van der Waals surface area (Å²) < 4.78 is 28.2. The summed E-state index contributed by atoms with van der Waals surface area (Å²) in [5.41, 5.74) is 0.992. The largest absolute Gasteiger partial charge is 0.345 e. The number of halogens is 2. The van der Waals surface area contributed by atoms with Crippen molar-refractivity contribution in [2.45, 2.75) is 25.3 Å². The van der Waals surface area contributed by atoms with Gasteiger partial charge in [0.15, 0.2) is 0 Å². The number of hydrogen-bond acceptors (Lipinski definition) is 3. The predicted octanol–water partition coefficient (Wildman–Crippen LogP) is 3.63. The molecule has 27 heavy (non-hydrogen) atoms. The van der Waals surface area contributed by atoms with Crippen molar-refractivity contribution in [2.24, 2.45) is 7.05 Å². The molecule has 1 aromatic heterocycles. The molecular formula is C18H23Cl2N3O3S. The summed E-state index contributed by atoms with van der Waals surface area (Å²) in [5.74, 6) is -0.311. The van der Waals surface area contributed by atoms with E-state index in [2.05, 4.69) is 0 Å². The Balaban J connectivity index is 2.29. The topological polar surface area (TPSA) is 62.6 Å². The maximum absolute atomic E-state index is 12.8. The lowest BCUT2D eigenvalue weighted by molar-refractivity contribution is 0.0775. The molecule has 1 heterocycles. The summed E-state index contributed by atoms with van der Waals surface area (Å²) in [5, 5.41) is 0.817. The molecule has 0 atom stereocenters. The Labute approximate surface area is 170 Å². The van der Waals surface area contributed by atoms with E-state index in [1.165, 1.54) is 26.0 Å². The van der Waals surface area contributed by atoms with Gasteiger partial charge in [-0.2, -0.15) is 4.31 Å². The molecule has 0 spiro atoms. The highest BCUT2D eigenvalue weighted by Crippen LogP contribution is 2.27. The van der Waals surface area contributed by atoms with E-state index in [0.717, 1.165) is 0 Å². The van der Waals surface area contributed by atoms with Gasteiger partial charge in [-0.3, -0.25) is 4.79 Å². The van der Waals surface area contributed by atoms with Crippen LogP contribution >= 0.6 is 23.2 Å². The Morgan fingerprint density at radius 2 is 1.81 bits per heavy atom. The van der Waals surface area contributed by atoms with Crippen molar-refractivity contribution in [2.75, 3.05) is 20.1 Å². The van der Waals surface area contributed by atoms with Crippen molar-refractivity contribution in [1.82, 2.24) is 13.8 Å². The number of sulfonamides is 1. The van der Waals surface area contributed by atoms with Crippen molar-refractivity contribution in [3.05, 3.63) is 51.8 Å². The van der Waals surface area contributed by atoms with Crippen LogP contribution in [0.5, 0.6) is 0 Å². The van der Waals surface area contributed by atoms with Gasteiger partial charge < -0.3 is 9.47 Å². The van der Waals surface area contributed by atoms with Crippen molar-refractivity contribution >= 4 is 39.1 Å². The SMILES string of the molecule is CCN(CC)S(=O)(=O)c1cc(C(=O)N(C)Cc2cccc(Cl)c2Cl)n(C)c1. The number of aromatic nitrogens is 1. The first-order chi connectivity index (χ1) is 12.6. The zero-order valence-electron chi connectivity index (χ0n) is 15.7. The molecule has 0 saturated heterocycles. The number of aryl methyl sites for hydroxylation is 1. The van der Waals surface area contributed by atoms with Gasteiger partial charge in [0.1, 0.15) is 10.6 Å². The second-order valence-corrected chi connectivity index (χ2v) is 8.86. The van der Waals surface area contributed by atoms with Gasteiger partial charge >= 0.3 is 0 Å². The maximum atomic E-state index is 12.8. The van der Waals surface area contributed by atoms with E-state index in [1.54, 1.807) is 46.1 Å². The third-order valence-electron chi connectivity index (χ3n) is 4.33. The molecular weight excluding hydrogens is 409 g/mol. The second-order valence-electron chi connectivity index (χ2n) is 6.14. The minimum atomic E-state index is -3.63. The van der Waals surface area contributed by atoms with E-state index >= 15 is 0 Å². The van der Waals surface area contributed by atoms with E-state index in [-0.39, 0.29) is 23.0 Å². The Morgan fingerprint density at radius 3 is 2.41 bits per heavy atom. The smallest absolute Gasteiger partial charge is 0.270 e. The minimum Gasteiger partial charge on any atom is -0.345 e. The molecule has 6 nitrogen and oxygen atoms in total. The maximum Gasteiger partial charge on any atom is 0.270 e. The van der Waals surface area contributed by atoms with Crippen LogP contribution in [0.15, 0.2) is 35.4 Å². The average molecular weight is 432 g/mol. The van der Waals surface area contributed by atoms with E-state index in [1.807, 2.05) is 0 Å². The third kappa shape index (κ3) is 4.48. The first kappa shape index (κ1) is 21.8. The second kappa shape index (κ2) is 8.65. The van der Waals surface area contributed by atoms with Gasteiger partial charge in [-0.05, 0) is 17.7 Å². The number of amides is 1. The molecule has 0 bridgehead atoms. The van der Waals surface area contributed by atoms with Gasteiger partial charge in [0.25, 0.3) is 5.91 Å². The standard InChI is InChI=1S/C18H23Cl2N3O3S/c1-5-23(6-2)27(25,26)14-10-16(21(3)12-14)18(24)22(4)11-13-8-7-9-15(19)17(13)20/h7-10,12H,5-6,11H2,1-4H3. The molecule has 0 saturated carbocycles. The van der Waals surface area contributed by atoms with Crippen LogP contribution in [-0.4, -0.2) is 48.2 Å². The van der Waals surface area contributed by atoms with Crippen molar-refractivity contribution in [1.29, 1.82) is 0 Å². The number of rotatable bonds is 7. The molecule has 0 fully saturated rings. The predicted molar refractivity (Wildman–Crippen MR) is 108 cm³/mol. The lowest BCUT2D eigenvalue weighted by Crippen LogP contribution is -2.30. The molecule has 148 valence electrons. The number of carbonyl (C=O) groups excluding carboxylic acids is 1. The van der Waals surface area contributed by atoms with E-state index in [9.17, 15) is 13.2 Å². The fourth-order valence-electron chi connectivity index (χ4n) is 2.79. The number of benzene rings is 1. The van der Waals surface area contributed by atoms with Crippen LogP contribution in [0.2, 0.25) is 10.0 Å². The molecule has 0 aliphatic heterocycles. The fraction of sp³-hybridized carbons (Fsp3) is 0.389. The Bertz CT molecular complexity index is 937. The van der Waals surface area contributed by atoms with E-state index in [4.69, 9.17) is 23.2 Å². The summed E-state index contributed by atoms with van der Waals surface area (Å²) >= 11 is 12.2. The summed E-state index contributed by atoms with van der Waals surface area (Å²) in [4.78, 5) is 14.4. The van der Waals surface area contributed by atoms with Gasteiger partial charge in [-0.1, -0.05) is 49.2 Å². The molecule has 0 unspecified atom stereocenters. The highest BCUT2D eigenvalue weighted by molar-refractivity contribution is 7.89. The molecule has 2 aromatic rings. The summed E-state index contributed by atoms with van der Waals surface area (Å²) in [6, 6.07) is 6.64. The van der Waals surface area contributed by atoms with Gasteiger partial charge in [-0.25, -0.2) is 8.42 Å². The number of carbonyl (C=O) groups is 1. The van der Waals surface area contributed by atoms with E-state index < -0.39 is 10.0 Å². The van der Waals surface area contributed by atoms with E-state index in [0.29, 0.717) is 28.7 Å². The minimum absolute atomic E-state index is 0.103. The van der Waals surface area contributed by atoms with Gasteiger partial charge in [0.05, 0.1) is 10.0 Å². The molecule has 1 aromatic carbocycles. The Morgan fingerprint density at radius 1 is 1.19 bits per heavy atom. The van der Waals surface area contributed by atoms with Gasteiger partial charge in [0.2, 0.25) is 10.0 Å². The number of nitrogens with zero attached hydrogens (tertiary/aromatic N) is 3. The zero-order chi connectivity index (χ0) is 20.4. The quantitative estimate of drug-likeness (QED) is 0.671. The van der Waals surface area contributed by atoms with Crippen LogP contribution in [0.4, 0.5) is 0 Å². The summed E-state index contributed by atoms with van der Waals surface area (Å²) in [6.07, 6.45) is 1.46. The molecule has 1 amide bonds. The lowest BCUT2D eigenvalue weighted by atomic mass is 10.2. The Kier molecular flexibility index (Phi) is 6.97. The van der Waals surface area contributed by atoms with Gasteiger partial charge in [-0.15, -0.1) is 0 Å². The summed E-state index contributed by atoms with van der Waals surface area (Å²) in [7, 11) is -0.353. The average Bonchev–Trinajstić information content (AvgIpc) is 3.01. The highest BCUT2D eigenvalue weighted by atomic mass is 35.5.